The van der Waals surface area contributed by atoms with Crippen molar-refractivity contribution < 1.29 is 4.74 Å². The van der Waals surface area contributed by atoms with Gasteiger partial charge >= 0.3 is 0 Å². The predicted octanol–water partition coefficient (Wildman–Crippen LogP) is 1.71. The summed E-state index contributed by atoms with van der Waals surface area (Å²) in [6.07, 6.45) is 3.21. The number of aromatic nitrogens is 2. The van der Waals surface area contributed by atoms with Crippen LogP contribution in [-0.4, -0.2) is 25.2 Å². The summed E-state index contributed by atoms with van der Waals surface area (Å²) in [5.41, 5.74) is 3.92. The summed E-state index contributed by atoms with van der Waals surface area (Å²) in [6.45, 7) is 6.57. The Morgan fingerprint density at radius 1 is 1.21 bits per heavy atom. The van der Waals surface area contributed by atoms with Gasteiger partial charge in [0, 0.05) is 0 Å². The van der Waals surface area contributed by atoms with Crippen LogP contribution < -0.4 is 4.74 Å². The van der Waals surface area contributed by atoms with Gasteiger partial charge < -0.3 is 4.74 Å². The van der Waals surface area contributed by atoms with E-state index in [0.29, 0.717) is 11.6 Å². The first kappa shape index (κ1) is 10.7. The van der Waals surface area contributed by atoms with Crippen molar-refractivity contribution in [2.24, 2.45) is 0 Å². The average molecular weight is 206 g/mol. The van der Waals surface area contributed by atoms with Crippen molar-refractivity contribution in [3.8, 4) is 17.3 Å². The van der Waals surface area contributed by atoms with Gasteiger partial charge in [-0.25, -0.2) is 9.97 Å². The maximum absolute atomic E-state index is 4.90. The number of hydrogen-bond acceptors (Lipinski definition) is 3. The fraction of sp³-hybridized carbons (Fsp3) is 0.400. The highest BCUT2D eigenvalue weighted by Crippen LogP contribution is 2.02. The maximum atomic E-state index is 4.90. The molecule has 14 heavy (non-hydrogen) atoms. The van der Waals surface area contributed by atoms with Crippen molar-refractivity contribution in [3.05, 3.63) is 18.1 Å². The Kier molecular flexibility index (Phi) is 3.26. The predicted molar refractivity (Wildman–Crippen MR) is 58.8 cm³/mol. The zero-order chi connectivity index (χ0) is 10.6. The smallest absolute Gasteiger partial charge is 0.232 e. The largest absolute Gasteiger partial charge is 0.480 e. The SMILES string of the molecule is COc1cnc(C#C[Si](C)(C)C)cn1. The molecule has 0 amide bonds. The zero-order valence-corrected chi connectivity index (χ0v) is 9.96. The molecule has 0 unspecified atom stereocenters. The van der Waals surface area contributed by atoms with Crippen LogP contribution >= 0.6 is 0 Å². The van der Waals surface area contributed by atoms with Crippen LogP contribution in [0.25, 0.3) is 0 Å². The van der Waals surface area contributed by atoms with Crippen molar-refractivity contribution in [3.63, 3.8) is 0 Å². The molecule has 0 N–H and O–H groups in total. The Labute approximate surface area is 85.6 Å². The molecule has 1 rings (SSSR count). The normalized spacial score (nSPS) is 10.3. The van der Waals surface area contributed by atoms with Crippen LogP contribution in [0.5, 0.6) is 5.88 Å². The van der Waals surface area contributed by atoms with Crippen molar-refractivity contribution in [1.29, 1.82) is 0 Å². The van der Waals surface area contributed by atoms with Gasteiger partial charge in [-0.3, -0.25) is 0 Å². The quantitative estimate of drug-likeness (QED) is 0.518. The Bertz CT molecular complexity index is 356. The van der Waals surface area contributed by atoms with Gasteiger partial charge in [0.2, 0.25) is 5.88 Å². The Morgan fingerprint density at radius 2 is 1.93 bits per heavy atom. The average Bonchev–Trinajstić information content (AvgIpc) is 2.14. The van der Waals surface area contributed by atoms with Crippen molar-refractivity contribution in [2.75, 3.05) is 7.11 Å². The van der Waals surface area contributed by atoms with E-state index in [-0.39, 0.29) is 0 Å². The second-order valence-electron chi connectivity index (χ2n) is 3.94. The molecular formula is C10H14N2OSi. The highest BCUT2D eigenvalue weighted by Gasteiger charge is 2.07. The molecule has 0 aliphatic rings. The van der Waals surface area contributed by atoms with Crippen LogP contribution in [0.3, 0.4) is 0 Å². The first-order valence-electron chi connectivity index (χ1n) is 4.40. The second kappa shape index (κ2) is 4.25. The molecule has 0 radical (unpaired) electrons. The lowest BCUT2D eigenvalue weighted by molar-refractivity contribution is 0.395. The molecule has 0 aliphatic heterocycles. The topological polar surface area (TPSA) is 35.0 Å². The van der Waals surface area contributed by atoms with Gasteiger partial charge in [-0.15, -0.1) is 5.54 Å². The van der Waals surface area contributed by atoms with Gasteiger partial charge in [-0.2, -0.15) is 0 Å². The summed E-state index contributed by atoms with van der Waals surface area (Å²) in [5, 5.41) is 0. The van der Waals surface area contributed by atoms with E-state index in [1.807, 2.05) is 0 Å². The van der Waals surface area contributed by atoms with Crippen molar-refractivity contribution >= 4 is 8.07 Å². The Hall–Kier alpha value is -1.34. The molecule has 1 aromatic heterocycles. The van der Waals surface area contributed by atoms with E-state index in [4.69, 9.17) is 4.74 Å². The van der Waals surface area contributed by atoms with Gasteiger partial charge in [0.05, 0.1) is 19.5 Å². The molecule has 3 nitrogen and oxygen atoms in total. The van der Waals surface area contributed by atoms with Gasteiger partial charge in [-0.05, 0) is 0 Å². The van der Waals surface area contributed by atoms with E-state index in [1.165, 1.54) is 0 Å². The van der Waals surface area contributed by atoms with Gasteiger partial charge in [0.25, 0.3) is 0 Å². The molecule has 0 aromatic carbocycles. The summed E-state index contributed by atoms with van der Waals surface area (Å²) >= 11 is 0. The van der Waals surface area contributed by atoms with E-state index in [1.54, 1.807) is 19.5 Å². The second-order valence-corrected chi connectivity index (χ2v) is 8.69. The van der Waals surface area contributed by atoms with E-state index < -0.39 is 8.07 Å². The maximum Gasteiger partial charge on any atom is 0.232 e. The molecule has 0 aliphatic carbocycles. The summed E-state index contributed by atoms with van der Waals surface area (Å²) < 4.78 is 4.90. The highest BCUT2D eigenvalue weighted by atomic mass is 28.3. The van der Waals surface area contributed by atoms with Crippen LogP contribution in [0.1, 0.15) is 5.69 Å². The van der Waals surface area contributed by atoms with Crippen LogP contribution in [-0.2, 0) is 0 Å². The Balaban J connectivity index is 2.82. The van der Waals surface area contributed by atoms with E-state index >= 15 is 0 Å². The van der Waals surface area contributed by atoms with E-state index in [2.05, 4.69) is 41.1 Å². The number of ether oxygens (including phenoxy) is 1. The molecule has 0 spiro atoms. The number of hydrogen-bond donors (Lipinski definition) is 0. The third-order valence-corrected chi connectivity index (χ3v) is 2.28. The van der Waals surface area contributed by atoms with Crippen LogP contribution in [0.2, 0.25) is 19.6 Å². The minimum atomic E-state index is -1.32. The Morgan fingerprint density at radius 3 is 2.36 bits per heavy atom. The molecule has 1 heterocycles. The molecule has 0 saturated carbocycles. The molecular weight excluding hydrogens is 192 g/mol. The fourth-order valence-corrected chi connectivity index (χ4v) is 1.24. The standard InChI is InChI=1S/C10H14N2OSi/c1-13-10-8-11-9(7-12-10)5-6-14(2,3)4/h7-8H,1-4H3. The monoisotopic (exact) mass is 206 g/mol. The molecule has 0 atom stereocenters. The van der Waals surface area contributed by atoms with Gasteiger partial charge in [0.15, 0.2) is 0 Å². The number of methoxy groups -OCH3 is 1. The summed E-state index contributed by atoms with van der Waals surface area (Å²) in [6, 6.07) is 0. The van der Waals surface area contributed by atoms with Crippen molar-refractivity contribution in [1.82, 2.24) is 9.97 Å². The minimum Gasteiger partial charge on any atom is -0.480 e. The van der Waals surface area contributed by atoms with E-state index in [0.717, 1.165) is 0 Å². The number of nitrogens with zero attached hydrogens (tertiary/aromatic N) is 2. The molecule has 4 heteroatoms. The lowest BCUT2D eigenvalue weighted by atomic mass is 10.5. The summed E-state index contributed by atoms with van der Waals surface area (Å²) in [4.78, 5) is 8.14. The van der Waals surface area contributed by atoms with Crippen LogP contribution in [0.15, 0.2) is 12.4 Å². The highest BCUT2D eigenvalue weighted by molar-refractivity contribution is 6.83. The fourth-order valence-electron chi connectivity index (χ4n) is 0.738. The lowest BCUT2D eigenvalue weighted by Crippen LogP contribution is -2.16. The molecule has 0 bridgehead atoms. The molecule has 74 valence electrons. The van der Waals surface area contributed by atoms with Gasteiger partial charge in [-0.1, -0.05) is 25.6 Å². The summed E-state index contributed by atoms with van der Waals surface area (Å²) in [7, 11) is 0.245. The molecule has 0 fully saturated rings. The minimum absolute atomic E-state index is 0.517. The molecule has 0 saturated heterocycles. The third kappa shape index (κ3) is 3.58. The van der Waals surface area contributed by atoms with Crippen LogP contribution in [0.4, 0.5) is 0 Å². The lowest BCUT2D eigenvalue weighted by Gasteiger charge is -2.03. The third-order valence-electron chi connectivity index (χ3n) is 1.40. The number of rotatable bonds is 1. The van der Waals surface area contributed by atoms with E-state index in [9.17, 15) is 0 Å². The zero-order valence-electron chi connectivity index (χ0n) is 8.96. The van der Waals surface area contributed by atoms with Crippen LogP contribution in [0, 0.1) is 11.5 Å². The summed E-state index contributed by atoms with van der Waals surface area (Å²) in [5.74, 6) is 3.54. The first-order chi connectivity index (χ1) is 6.51. The molecule has 1 aromatic rings. The van der Waals surface area contributed by atoms with Gasteiger partial charge in [0.1, 0.15) is 13.8 Å². The first-order valence-corrected chi connectivity index (χ1v) is 7.90. The van der Waals surface area contributed by atoms with Crippen molar-refractivity contribution in [2.45, 2.75) is 19.6 Å².